The number of carboxylic acids is 1. The summed E-state index contributed by atoms with van der Waals surface area (Å²) in [6, 6.07) is 15.2. The highest BCUT2D eigenvalue weighted by atomic mass is 19.1. The minimum Gasteiger partial charge on any atom is -0.478 e. The maximum absolute atomic E-state index is 13.4. The van der Waals surface area contributed by atoms with Gasteiger partial charge in [0.25, 0.3) is 0 Å². The molecule has 1 aliphatic rings. The molecule has 2 aromatic carbocycles. The SMILES string of the molecule is CC(C[C@@H]1[C@@H](Cc2ccc(C(C)(C)C)cc2)CO[C@@H]1c1ccc(F)cc1)=C(C)C(=O)O. The molecular weight excluding hydrogens is 391 g/mol. The number of carboxylic acid groups (broad SMARTS) is 1. The highest BCUT2D eigenvalue weighted by Gasteiger charge is 2.38. The van der Waals surface area contributed by atoms with Crippen LogP contribution in [-0.2, 0) is 21.4 Å². The van der Waals surface area contributed by atoms with Gasteiger partial charge in [-0.05, 0) is 72.8 Å². The lowest BCUT2D eigenvalue weighted by Crippen LogP contribution is -2.19. The molecule has 1 N–H and O–H groups in total. The molecule has 4 heteroatoms. The third-order valence-electron chi connectivity index (χ3n) is 6.50. The Kier molecular flexibility index (Phi) is 7.00. The Balaban J connectivity index is 1.86. The molecule has 0 radical (unpaired) electrons. The van der Waals surface area contributed by atoms with Gasteiger partial charge in [0.1, 0.15) is 5.82 Å². The smallest absolute Gasteiger partial charge is 0.331 e. The molecule has 0 bridgehead atoms. The van der Waals surface area contributed by atoms with Crippen LogP contribution in [0.3, 0.4) is 0 Å². The van der Waals surface area contributed by atoms with Crippen LogP contribution >= 0.6 is 0 Å². The van der Waals surface area contributed by atoms with Crippen molar-refractivity contribution in [1.29, 1.82) is 0 Å². The molecule has 0 aromatic heterocycles. The summed E-state index contributed by atoms with van der Waals surface area (Å²) in [5, 5.41) is 9.40. The molecule has 1 aliphatic heterocycles. The Morgan fingerprint density at radius 1 is 1.06 bits per heavy atom. The fourth-order valence-corrected chi connectivity index (χ4v) is 4.33. The summed E-state index contributed by atoms with van der Waals surface area (Å²) in [5.74, 6) is -0.773. The highest BCUT2D eigenvalue weighted by Crippen LogP contribution is 2.43. The number of hydrogen-bond acceptors (Lipinski definition) is 2. The molecule has 166 valence electrons. The first-order valence-corrected chi connectivity index (χ1v) is 10.9. The molecule has 1 fully saturated rings. The van der Waals surface area contributed by atoms with E-state index in [1.807, 2.05) is 6.92 Å². The number of ether oxygens (including phenoxy) is 1. The Hall–Kier alpha value is -2.46. The van der Waals surface area contributed by atoms with Gasteiger partial charge >= 0.3 is 5.97 Å². The van der Waals surface area contributed by atoms with Crippen molar-refractivity contribution >= 4 is 5.97 Å². The highest BCUT2D eigenvalue weighted by molar-refractivity contribution is 5.86. The zero-order valence-electron chi connectivity index (χ0n) is 19.1. The van der Waals surface area contributed by atoms with Gasteiger partial charge in [-0.25, -0.2) is 9.18 Å². The topological polar surface area (TPSA) is 46.5 Å². The predicted molar refractivity (Wildman–Crippen MR) is 122 cm³/mol. The number of hydrogen-bond donors (Lipinski definition) is 1. The molecule has 3 nitrogen and oxygen atoms in total. The molecule has 0 amide bonds. The Bertz CT molecular complexity index is 936. The van der Waals surface area contributed by atoms with Crippen LogP contribution in [0.2, 0.25) is 0 Å². The van der Waals surface area contributed by atoms with Crippen molar-refractivity contribution in [2.24, 2.45) is 11.8 Å². The summed E-state index contributed by atoms with van der Waals surface area (Å²) < 4.78 is 19.6. The zero-order chi connectivity index (χ0) is 22.8. The van der Waals surface area contributed by atoms with Crippen molar-refractivity contribution in [2.75, 3.05) is 6.61 Å². The number of aliphatic carboxylic acids is 1. The van der Waals surface area contributed by atoms with Crippen molar-refractivity contribution in [2.45, 2.75) is 59.0 Å². The second kappa shape index (κ2) is 9.35. The van der Waals surface area contributed by atoms with Crippen molar-refractivity contribution in [1.82, 2.24) is 0 Å². The second-order valence-corrected chi connectivity index (χ2v) is 9.80. The fraction of sp³-hybridized carbons (Fsp3) is 0.444. The quantitative estimate of drug-likeness (QED) is 0.540. The Morgan fingerprint density at radius 2 is 1.68 bits per heavy atom. The van der Waals surface area contributed by atoms with Crippen LogP contribution in [0.4, 0.5) is 4.39 Å². The number of rotatable bonds is 6. The van der Waals surface area contributed by atoms with Crippen LogP contribution < -0.4 is 0 Å². The average molecular weight is 425 g/mol. The molecule has 2 aromatic rings. The van der Waals surface area contributed by atoms with Gasteiger partial charge < -0.3 is 9.84 Å². The van der Waals surface area contributed by atoms with E-state index in [0.717, 1.165) is 17.6 Å². The summed E-state index contributed by atoms with van der Waals surface area (Å²) in [4.78, 5) is 11.5. The third-order valence-corrected chi connectivity index (χ3v) is 6.50. The van der Waals surface area contributed by atoms with E-state index < -0.39 is 5.97 Å². The molecule has 1 saturated heterocycles. The minimum absolute atomic E-state index is 0.113. The standard InChI is InChI=1S/C27H33FO3/c1-17(18(2)26(29)30)14-24-21(15-19-6-10-22(11-7-19)27(3,4)5)16-31-25(24)20-8-12-23(28)13-9-20/h6-13,21,24-25H,14-16H2,1-5H3,(H,29,30)/t21-,24+,25+/m0/s1. The first kappa shape index (κ1) is 23.2. The molecule has 0 unspecified atom stereocenters. The maximum Gasteiger partial charge on any atom is 0.331 e. The van der Waals surface area contributed by atoms with E-state index >= 15 is 0 Å². The summed E-state index contributed by atoms with van der Waals surface area (Å²) >= 11 is 0. The molecule has 1 heterocycles. The van der Waals surface area contributed by atoms with E-state index in [1.165, 1.54) is 23.3 Å². The van der Waals surface area contributed by atoms with Gasteiger partial charge in [-0.15, -0.1) is 0 Å². The first-order valence-electron chi connectivity index (χ1n) is 10.9. The van der Waals surface area contributed by atoms with Crippen molar-refractivity contribution < 1.29 is 19.0 Å². The molecule has 3 atom stereocenters. The van der Waals surface area contributed by atoms with Crippen LogP contribution in [0.25, 0.3) is 0 Å². The van der Waals surface area contributed by atoms with Crippen LogP contribution in [0.5, 0.6) is 0 Å². The van der Waals surface area contributed by atoms with Gasteiger partial charge in [0.15, 0.2) is 0 Å². The summed E-state index contributed by atoms with van der Waals surface area (Å²) in [6.07, 6.45) is 1.34. The summed E-state index contributed by atoms with van der Waals surface area (Å²) in [7, 11) is 0. The van der Waals surface area contributed by atoms with E-state index in [-0.39, 0.29) is 29.2 Å². The number of allylic oxidation sites excluding steroid dienone is 1. The lowest BCUT2D eigenvalue weighted by Gasteiger charge is -2.25. The zero-order valence-corrected chi connectivity index (χ0v) is 19.1. The van der Waals surface area contributed by atoms with Crippen LogP contribution in [0.15, 0.2) is 59.7 Å². The molecule has 0 aliphatic carbocycles. The monoisotopic (exact) mass is 424 g/mol. The third kappa shape index (κ3) is 5.62. The predicted octanol–water partition coefficient (Wildman–Crippen LogP) is 6.48. The van der Waals surface area contributed by atoms with Gasteiger partial charge in [0, 0.05) is 5.57 Å². The molecule has 0 spiro atoms. The second-order valence-electron chi connectivity index (χ2n) is 9.80. The molecule has 3 rings (SSSR count). The van der Waals surface area contributed by atoms with Crippen molar-refractivity contribution in [3.05, 3.63) is 82.2 Å². The van der Waals surface area contributed by atoms with E-state index in [4.69, 9.17) is 4.74 Å². The molecular formula is C27H33FO3. The fourth-order valence-electron chi connectivity index (χ4n) is 4.33. The van der Waals surface area contributed by atoms with Crippen molar-refractivity contribution in [3.8, 4) is 0 Å². The number of benzene rings is 2. The van der Waals surface area contributed by atoms with Gasteiger partial charge in [-0.2, -0.15) is 0 Å². The first-order chi connectivity index (χ1) is 14.6. The average Bonchev–Trinajstić information content (AvgIpc) is 3.09. The number of carbonyl (C=O) groups is 1. The Morgan fingerprint density at radius 3 is 2.23 bits per heavy atom. The van der Waals surface area contributed by atoms with E-state index in [1.54, 1.807) is 19.1 Å². The van der Waals surface area contributed by atoms with Crippen molar-refractivity contribution in [3.63, 3.8) is 0 Å². The van der Waals surface area contributed by atoms with E-state index in [2.05, 4.69) is 45.0 Å². The van der Waals surface area contributed by atoms with Crippen LogP contribution in [0, 0.1) is 17.7 Å². The summed E-state index contributed by atoms with van der Waals surface area (Å²) in [6.45, 7) is 10.8. The molecule has 0 saturated carbocycles. The van der Waals surface area contributed by atoms with Gasteiger partial charge in [-0.3, -0.25) is 0 Å². The van der Waals surface area contributed by atoms with Crippen LogP contribution in [0.1, 0.15) is 63.8 Å². The lowest BCUT2D eigenvalue weighted by molar-refractivity contribution is -0.132. The lowest BCUT2D eigenvalue weighted by atomic mass is 9.79. The minimum atomic E-state index is -0.885. The molecule has 31 heavy (non-hydrogen) atoms. The van der Waals surface area contributed by atoms with Gasteiger partial charge in [0.2, 0.25) is 0 Å². The Labute approximate surface area is 185 Å². The van der Waals surface area contributed by atoms with Crippen LogP contribution in [-0.4, -0.2) is 17.7 Å². The largest absolute Gasteiger partial charge is 0.478 e. The van der Waals surface area contributed by atoms with Gasteiger partial charge in [-0.1, -0.05) is 62.7 Å². The number of halogens is 1. The summed E-state index contributed by atoms with van der Waals surface area (Å²) in [5.41, 5.74) is 4.86. The maximum atomic E-state index is 13.4. The van der Waals surface area contributed by atoms with E-state index in [9.17, 15) is 14.3 Å². The normalized spacial score (nSPS) is 22.3. The van der Waals surface area contributed by atoms with Gasteiger partial charge in [0.05, 0.1) is 12.7 Å². The van der Waals surface area contributed by atoms with E-state index in [0.29, 0.717) is 18.6 Å².